The summed E-state index contributed by atoms with van der Waals surface area (Å²) < 4.78 is 4.92. The SMILES string of the molecule is C[C@@H](NC(=O)COC(=O)CCC(=O)NCc1ccccc1)c1ccccc1. The van der Waals surface area contributed by atoms with E-state index in [1.165, 1.54) is 0 Å². The third kappa shape index (κ3) is 7.73. The number of ether oxygens (including phenoxy) is 1. The molecule has 27 heavy (non-hydrogen) atoms. The average molecular weight is 368 g/mol. The minimum Gasteiger partial charge on any atom is -0.456 e. The molecular weight excluding hydrogens is 344 g/mol. The van der Waals surface area contributed by atoms with Gasteiger partial charge in [0.2, 0.25) is 5.91 Å². The molecule has 2 N–H and O–H groups in total. The van der Waals surface area contributed by atoms with E-state index in [-0.39, 0.29) is 37.3 Å². The highest BCUT2D eigenvalue weighted by Crippen LogP contribution is 2.10. The van der Waals surface area contributed by atoms with E-state index in [1.54, 1.807) is 0 Å². The molecule has 0 saturated heterocycles. The maximum atomic E-state index is 11.9. The Labute approximate surface area is 158 Å². The highest BCUT2D eigenvalue weighted by Gasteiger charge is 2.13. The molecule has 0 fully saturated rings. The van der Waals surface area contributed by atoms with Gasteiger partial charge in [-0.25, -0.2) is 0 Å². The lowest BCUT2D eigenvalue weighted by atomic mass is 10.1. The lowest BCUT2D eigenvalue weighted by molar-refractivity contribution is -0.149. The van der Waals surface area contributed by atoms with E-state index in [4.69, 9.17) is 4.74 Å². The van der Waals surface area contributed by atoms with Crippen molar-refractivity contribution in [3.05, 3.63) is 71.8 Å². The lowest BCUT2D eigenvalue weighted by Crippen LogP contribution is -2.31. The van der Waals surface area contributed by atoms with E-state index in [2.05, 4.69) is 10.6 Å². The second-order valence-corrected chi connectivity index (χ2v) is 6.12. The second kappa shape index (κ2) is 10.8. The van der Waals surface area contributed by atoms with Crippen LogP contribution < -0.4 is 10.6 Å². The first-order valence-electron chi connectivity index (χ1n) is 8.85. The molecule has 0 heterocycles. The van der Waals surface area contributed by atoms with E-state index < -0.39 is 5.97 Å². The van der Waals surface area contributed by atoms with Gasteiger partial charge in [-0.2, -0.15) is 0 Å². The Bertz CT molecular complexity index is 747. The van der Waals surface area contributed by atoms with E-state index >= 15 is 0 Å². The van der Waals surface area contributed by atoms with Crippen LogP contribution in [0.5, 0.6) is 0 Å². The number of nitrogens with one attached hydrogen (secondary N) is 2. The maximum absolute atomic E-state index is 11.9. The summed E-state index contributed by atoms with van der Waals surface area (Å²) in [5.41, 5.74) is 1.95. The molecule has 0 radical (unpaired) electrons. The van der Waals surface area contributed by atoms with Crippen molar-refractivity contribution in [2.45, 2.75) is 32.4 Å². The highest BCUT2D eigenvalue weighted by atomic mass is 16.5. The molecule has 0 bridgehead atoms. The number of carbonyl (C=O) groups is 3. The number of amides is 2. The van der Waals surface area contributed by atoms with Crippen LogP contribution in [0.3, 0.4) is 0 Å². The molecule has 1 atom stereocenters. The zero-order valence-corrected chi connectivity index (χ0v) is 15.3. The number of esters is 1. The summed E-state index contributed by atoms with van der Waals surface area (Å²) >= 11 is 0. The quantitative estimate of drug-likeness (QED) is 0.666. The van der Waals surface area contributed by atoms with Gasteiger partial charge in [0.05, 0.1) is 12.5 Å². The molecule has 2 aromatic rings. The first kappa shape index (κ1) is 20.2. The maximum Gasteiger partial charge on any atom is 0.306 e. The average Bonchev–Trinajstić information content (AvgIpc) is 2.70. The predicted molar refractivity (Wildman–Crippen MR) is 101 cm³/mol. The highest BCUT2D eigenvalue weighted by molar-refractivity contribution is 5.83. The molecule has 0 unspecified atom stereocenters. The summed E-state index contributed by atoms with van der Waals surface area (Å²) in [4.78, 5) is 35.3. The van der Waals surface area contributed by atoms with Gasteiger partial charge >= 0.3 is 5.97 Å². The monoisotopic (exact) mass is 368 g/mol. The van der Waals surface area contributed by atoms with Crippen molar-refractivity contribution in [1.82, 2.24) is 10.6 Å². The third-order valence-corrected chi connectivity index (χ3v) is 3.93. The summed E-state index contributed by atoms with van der Waals surface area (Å²) in [5.74, 6) is -1.20. The van der Waals surface area contributed by atoms with Crippen LogP contribution in [-0.2, 0) is 25.7 Å². The predicted octanol–water partition coefficient (Wildman–Crippen LogP) is 2.50. The number of rotatable bonds is 9. The third-order valence-electron chi connectivity index (χ3n) is 3.93. The van der Waals surface area contributed by atoms with Crippen molar-refractivity contribution in [2.24, 2.45) is 0 Å². The van der Waals surface area contributed by atoms with Gasteiger partial charge < -0.3 is 15.4 Å². The van der Waals surface area contributed by atoms with Gasteiger partial charge in [-0.1, -0.05) is 60.7 Å². The fourth-order valence-electron chi connectivity index (χ4n) is 2.43. The number of hydrogen-bond acceptors (Lipinski definition) is 4. The first-order chi connectivity index (χ1) is 13.0. The number of hydrogen-bond donors (Lipinski definition) is 2. The van der Waals surface area contributed by atoms with Crippen molar-refractivity contribution in [3.8, 4) is 0 Å². The standard InChI is InChI=1S/C21H24N2O4/c1-16(18-10-6-3-7-11-18)23-20(25)15-27-21(26)13-12-19(24)22-14-17-8-4-2-5-9-17/h2-11,16H,12-15H2,1H3,(H,22,24)(H,23,25)/t16-/m1/s1. The Morgan fingerprint density at radius 1 is 0.889 bits per heavy atom. The topological polar surface area (TPSA) is 84.5 Å². The second-order valence-electron chi connectivity index (χ2n) is 6.12. The van der Waals surface area contributed by atoms with Gasteiger partial charge in [0, 0.05) is 13.0 Å². The smallest absolute Gasteiger partial charge is 0.306 e. The summed E-state index contributed by atoms with van der Waals surface area (Å²) in [5, 5.41) is 5.50. The Morgan fingerprint density at radius 2 is 1.52 bits per heavy atom. The van der Waals surface area contributed by atoms with Gasteiger partial charge in [0.25, 0.3) is 5.91 Å². The molecule has 2 rings (SSSR count). The summed E-state index contributed by atoms with van der Waals surface area (Å²) in [7, 11) is 0. The lowest BCUT2D eigenvalue weighted by Gasteiger charge is -2.14. The van der Waals surface area contributed by atoms with Crippen molar-refractivity contribution >= 4 is 17.8 Å². The summed E-state index contributed by atoms with van der Waals surface area (Å²) in [6.45, 7) is 1.91. The minimum absolute atomic E-state index is 0.0215. The molecule has 142 valence electrons. The molecular formula is C21H24N2O4. The minimum atomic E-state index is -0.577. The van der Waals surface area contributed by atoms with Crippen molar-refractivity contribution in [3.63, 3.8) is 0 Å². The Hall–Kier alpha value is -3.15. The van der Waals surface area contributed by atoms with Gasteiger partial charge in [-0.3, -0.25) is 14.4 Å². The Kier molecular flexibility index (Phi) is 8.03. The molecule has 6 heteroatoms. The van der Waals surface area contributed by atoms with E-state index in [0.717, 1.165) is 11.1 Å². The zero-order chi connectivity index (χ0) is 19.5. The molecule has 0 aliphatic heterocycles. The normalized spacial score (nSPS) is 11.3. The van der Waals surface area contributed by atoms with Crippen LogP contribution in [0.15, 0.2) is 60.7 Å². The van der Waals surface area contributed by atoms with Crippen LogP contribution in [0, 0.1) is 0 Å². The summed E-state index contributed by atoms with van der Waals surface area (Å²) in [6, 6.07) is 18.8. The molecule has 0 aromatic heterocycles. The van der Waals surface area contributed by atoms with Crippen LogP contribution in [0.1, 0.15) is 36.9 Å². The molecule has 0 saturated carbocycles. The Balaban J connectivity index is 1.61. The molecule has 6 nitrogen and oxygen atoms in total. The Morgan fingerprint density at radius 3 is 2.19 bits per heavy atom. The van der Waals surface area contributed by atoms with E-state index in [1.807, 2.05) is 67.6 Å². The fourth-order valence-corrected chi connectivity index (χ4v) is 2.43. The zero-order valence-electron chi connectivity index (χ0n) is 15.3. The van der Waals surface area contributed by atoms with E-state index in [9.17, 15) is 14.4 Å². The molecule has 2 amide bonds. The van der Waals surface area contributed by atoms with E-state index in [0.29, 0.717) is 6.54 Å². The molecule has 0 spiro atoms. The van der Waals surface area contributed by atoms with Crippen LogP contribution in [0.25, 0.3) is 0 Å². The van der Waals surface area contributed by atoms with Crippen LogP contribution in [-0.4, -0.2) is 24.4 Å². The van der Waals surface area contributed by atoms with Gasteiger partial charge in [0.1, 0.15) is 0 Å². The van der Waals surface area contributed by atoms with Gasteiger partial charge in [0.15, 0.2) is 6.61 Å². The fraction of sp³-hybridized carbons (Fsp3) is 0.286. The number of carbonyl (C=O) groups excluding carboxylic acids is 3. The van der Waals surface area contributed by atoms with Crippen LogP contribution >= 0.6 is 0 Å². The van der Waals surface area contributed by atoms with Gasteiger partial charge in [-0.05, 0) is 18.1 Å². The van der Waals surface area contributed by atoms with Crippen LogP contribution in [0.2, 0.25) is 0 Å². The number of benzene rings is 2. The van der Waals surface area contributed by atoms with Crippen molar-refractivity contribution in [1.29, 1.82) is 0 Å². The van der Waals surface area contributed by atoms with Crippen LogP contribution in [0.4, 0.5) is 0 Å². The molecule has 0 aliphatic carbocycles. The summed E-state index contributed by atoms with van der Waals surface area (Å²) in [6.07, 6.45) is -0.0458. The van der Waals surface area contributed by atoms with Crippen molar-refractivity contribution < 1.29 is 19.1 Å². The van der Waals surface area contributed by atoms with Gasteiger partial charge in [-0.15, -0.1) is 0 Å². The van der Waals surface area contributed by atoms with Crippen molar-refractivity contribution in [2.75, 3.05) is 6.61 Å². The largest absolute Gasteiger partial charge is 0.456 e. The first-order valence-corrected chi connectivity index (χ1v) is 8.85. The molecule has 0 aliphatic rings. The molecule has 2 aromatic carbocycles.